The number of hydrogen-bond donors (Lipinski definition) is 1. The third-order valence-corrected chi connectivity index (χ3v) is 2.18. The highest BCUT2D eigenvalue weighted by atomic mass is 17.0. The van der Waals surface area contributed by atoms with Gasteiger partial charge in [0.05, 0.1) is 6.54 Å². The molecule has 3 aliphatic rings. The van der Waals surface area contributed by atoms with Gasteiger partial charge in [-0.15, -0.1) is 0 Å². The van der Waals surface area contributed by atoms with Crippen LogP contribution in [0.5, 0.6) is 0 Å². The lowest BCUT2D eigenvalue weighted by Crippen LogP contribution is -2.63. The van der Waals surface area contributed by atoms with Gasteiger partial charge in [-0.05, 0) is 0 Å². The summed E-state index contributed by atoms with van der Waals surface area (Å²) < 4.78 is 14.3. The molecule has 1 spiro atoms. The summed E-state index contributed by atoms with van der Waals surface area (Å²) in [7, 11) is 0. The van der Waals surface area contributed by atoms with Crippen molar-refractivity contribution in [3.05, 3.63) is 0 Å². The van der Waals surface area contributed by atoms with Crippen molar-refractivity contribution >= 4 is 12.3 Å². The Labute approximate surface area is 77.6 Å². The summed E-state index contributed by atoms with van der Waals surface area (Å²) in [6.07, 6.45) is -2.64. The molecule has 0 bridgehead atoms. The molecule has 0 aliphatic carbocycles. The zero-order valence-corrected chi connectivity index (χ0v) is 6.89. The van der Waals surface area contributed by atoms with Gasteiger partial charge in [-0.1, -0.05) is 5.06 Å². The molecule has 8 nitrogen and oxygen atoms in total. The Bertz CT molecular complexity index is 287. The number of ether oxygens (including phenoxy) is 3. The summed E-state index contributed by atoms with van der Waals surface area (Å²) in [6.45, 7) is 0.860. The molecular formula is C6H6N2O6. The molecule has 3 fully saturated rings. The Morgan fingerprint density at radius 1 is 1.36 bits per heavy atom. The standard InChI is InChI=1S/C6H6N2O6/c9-4-11-3-6(12-4)8(2-1-7-3)14-5(10)13-6/h3,7H,1-2H2. The van der Waals surface area contributed by atoms with E-state index in [0.717, 1.165) is 5.06 Å². The van der Waals surface area contributed by atoms with Crippen LogP contribution >= 0.6 is 0 Å². The molecular weight excluding hydrogens is 196 g/mol. The SMILES string of the molecule is O=C1OC2NCCN3OC(=O)OC23O1. The maximum atomic E-state index is 10.9. The molecule has 3 saturated heterocycles. The summed E-state index contributed by atoms with van der Waals surface area (Å²) in [4.78, 5) is 26.5. The van der Waals surface area contributed by atoms with Crippen molar-refractivity contribution in [1.29, 1.82) is 0 Å². The number of hydrogen-bond acceptors (Lipinski definition) is 8. The van der Waals surface area contributed by atoms with Gasteiger partial charge in [-0.25, -0.2) is 9.59 Å². The largest absolute Gasteiger partial charge is 0.532 e. The lowest BCUT2D eigenvalue weighted by atomic mass is 10.3. The van der Waals surface area contributed by atoms with Gasteiger partial charge in [0.2, 0.25) is 0 Å². The van der Waals surface area contributed by atoms with Gasteiger partial charge >= 0.3 is 18.2 Å². The molecule has 3 rings (SSSR count). The second kappa shape index (κ2) is 2.28. The number of carbonyl (C=O) groups excluding carboxylic acids is 2. The van der Waals surface area contributed by atoms with Gasteiger partial charge in [0.15, 0.2) is 0 Å². The Morgan fingerprint density at radius 2 is 2.14 bits per heavy atom. The van der Waals surface area contributed by atoms with E-state index in [1.165, 1.54) is 0 Å². The van der Waals surface area contributed by atoms with Crippen molar-refractivity contribution < 1.29 is 28.6 Å². The van der Waals surface area contributed by atoms with Crippen molar-refractivity contribution in [3.8, 4) is 0 Å². The summed E-state index contributed by atoms with van der Waals surface area (Å²) in [6, 6.07) is 0. The Balaban J connectivity index is 1.99. The molecule has 3 heterocycles. The Hall–Kier alpha value is -1.54. The summed E-state index contributed by atoms with van der Waals surface area (Å²) >= 11 is 0. The first-order valence-electron chi connectivity index (χ1n) is 4.02. The minimum absolute atomic E-state index is 0.360. The summed E-state index contributed by atoms with van der Waals surface area (Å²) in [5.41, 5.74) is 0. The maximum absolute atomic E-state index is 10.9. The van der Waals surface area contributed by atoms with Crippen molar-refractivity contribution in [1.82, 2.24) is 10.4 Å². The average Bonchev–Trinajstić information content (AvgIpc) is 2.57. The van der Waals surface area contributed by atoms with Crippen molar-refractivity contribution in [3.63, 3.8) is 0 Å². The van der Waals surface area contributed by atoms with Gasteiger partial charge in [0.25, 0.3) is 6.23 Å². The zero-order valence-electron chi connectivity index (χ0n) is 6.89. The topological polar surface area (TPSA) is 86.3 Å². The van der Waals surface area contributed by atoms with Crippen LogP contribution in [0.1, 0.15) is 0 Å². The molecule has 0 aromatic carbocycles. The van der Waals surface area contributed by atoms with Crippen LogP contribution in [0.2, 0.25) is 0 Å². The molecule has 0 amide bonds. The zero-order chi connectivity index (χ0) is 9.76. The highest BCUT2D eigenvalue weighted by Crippen LogP contribution is 2.37. The fourth-order valence-corrected chi connectivity index (χ4v) is 1.64. The monoisotopic (exact) mass is 202 g/mol. The van der Waals surface area contributed by atoms with E-state index in [4.69, 9.17) is 19.0 Å². The van der Waals surface area contributed by atoms with Gasteiger partial charge in [0, 0.05) is 6.54 Å². The molecule has 3 aliphatic heterocycles. The molecule has 1 N–H and O–H groups in total. The Morgan fingerprint density at radius 3 is 3.00 bits per heavy atom. The highest BCUT2D eigenvalue weighted by molar-refractivity contribution is 5.66. The van der Waals surface area contributed by atoms with Crippen molar-refractivity contribution in [2.75, 3.05) is 13.1 Å². The molecule has 0 saturated carbocycles. The van der Waals surface area contributed by atoms with Crippen molar-refractivity contribution in [2.45, 2.75) is 12.1 Å². The molecule has 2 unspecified atom stereocenters. The molecule has 0 radical (unpaired) electrons. The van der Waals surface area contributed by atoms with Gasteiger partial charge in [-0.3, -0.25) is 5.32 Å². The van der Waals surface area contributed by atoms with E-state index >= 15 is 0 Å². The third-order valence-electron chi connectivity index (χ3n) is 2.18. The third kappa shape index (κ3) is 0.788. The van der Waals surface area contributed by atoms with E-state index in [2.05, 4.69) is 5.32 Å². The van der Waals surface area contributed by atoms with Crippen LogP contribution in [-0.2, 0) is 19.0 Å². The van der Waals surface area contributed by atoms with Crippen LogP contribution in [0.25, 0.3) is 0 Å². The van der Waals surface area contributed by atoms with Crippen LogP contribution in [-0.4, -0.2) is 42.6 Å². The van der Waals surface area contributed by atoms with Crippen LogP contribution in [0, 0.1) is 0 Å². The minimum atomic E-state index is -1.58. The van der Waals surface area contributed by atoms with Gasteiger partial charge < -0.3 is 19.0 Å². The smallest absolute Gasteiger partial charge is 0.405 e. The summed E-state index contributed by atoms with van der Waals surface area (Å²) in [5, 5.41) is 3.98. The van der Waals surface area contributed by atoms with Crippen LogP contribution in [0.15, 0.2) is 0 Å². The highest BCUT2D eigenvalue weighted by Gasteiger charge is 2.67. The van der Waals surface area contributed by atoms with Crippen LogP contribution < -0.4 is 5.32 Å². The predicted octanol–water partition coefficient (Wildman–Crippen LogP) is -0.880. The number of carbonyl (C=O) groups is 2. The van der Waals surface area contributed by atoms with E-state index in [1.54, 1.807) is 0 Å². The van der Waals surface area contributed by atoms with E-state index in [-0.39, 0.29) is 0 Å². The first kappa shape index (κ1) is 7.83. The molecule has 0 aromatic rings. The summed E-state index contributed by atoms with van der Waals surface area (Å²) in [5.74, 6) is -1.58. The lowest BCUT2D eigenvalue weighted by molar-refractivity contribution is -0.302. The van der Waals surface area contributed by atoms with E-state index in [9.17, 15) is 9.59 Å². The molecule has 76 valence electrons. The van der Waals surface area contributed by atoms with Crippen LogP contribution in [0.4, 0.5) is 9.59 Å². The second-order valence-electron chi connectivity index (χ2n) is 2.98. The Kier molecular flexibility index (Phi) is 1.27. The first-order chi connectivity index (χ1) is 6.71. The average molecular weight is 202 g/mol. The quantitative estimate of drug-likeness (QED) is 0.507. The lowest BCUT2D eigenvalue weighted by Gasteiger charge is -2.32. The van der Waals surface area contributed by atoms with Crippen LogP contribution in [0.3, 0.4) is 0 Å². The van der Waals surface area contributed by atoms with Gasteiger partial charge in [-0.2, -0.15) is 0 Å². The molecule has 8 heteroatoms. The van der Waals surface area contributed by atoms with E-state index in [0.29, 0.717) is 13.1 Å². The van der Waals surface area contributed by atoms with Gasteiger partial charge in [0.1, 0.15) is 0 Å². The number of nitrogens with zero attached hydrogens (tertiary/aromatic N) is 1. The van der Waals surface area contributed by atoms with E-state index < -0.39 is 24.4 Å². The number of hydroxylamine groups is 2. The van der Waals surface area contributed by atoms with Crippen molar-refractivity contribution in [2.24, 2.45) is 0 Å². The fraction of sp³-hybridized carbons (Fsp3) is 0.667. The molecule has 2 atom stereocenters. The predicted molar refractivity (Wildman–Crippen MR) is 36.4 cm³/mol. The number of piperazine rings is 1. The normalized spacial score (nSPS) is 40.4. The number of nitrogens with one attached hydrogen (secondary N) is 1. The van der Waals surface area contributed by atoms with E-state index in [1.807, 2.05) is 0 Å². The molecule has 0 aromatic heterocycles. The fourth-order valence-electron chi connectivity index (χ4n) is 1.64. The first-order valence-corrected chi connectivity index (χ1v) is 4.02. The second-order valence-corrected chi connectivity index (χ2v) is 2.98. The maximum Gasteiger partial charge on any atom is 0.532 e. The minimum Gasteiger partial charge on any atom is -0.405 e. The molecule has 14 heavy (non-hydrogen) atoms. The number of rotatable bonds is 0.